The summed E-state index contributed by atoms with van der Waals surface area (Å²) in [4.78, 5) is 27.2. The lowest BCUT2D eigenvalue weighted by Gasteiger charge is -2.07. The largest absolute Gasteiger partial charge is 0.332 e. The van der Waals surface area contributed by atoms with E-state index in [1.807, 2.05) is 79.2 Å². The minimum atomic E-state index is 0.0489. The predicted molar refractivity (Wildman–Crippen MR) is 133 cm³/mol. The highest BCUT2D eigenvalue weighted by Crippen LogP contribution is 2.34. The summed E-state index contributed by atoms with van der Waals surface area (Å²) in [6.45, 7) is 3.88. The number of nitrogens with one attached hydrogen (secondary N) is 1. The van der Waals surface area contributed by atoms with Crippen molar-refractivity contribution >= 4 is 45.2 Å². The Morgan fingerprint density at radius 2 is 1.97 bits per heavy atom. The highest BCUT2D eigenvalue weighted by molar-refractivity contribution is 7.18. The van der Waals surface area contributed by atoms with Crippen LogP contribution in [0.2, 0.25) is 5.02 Å². The predicted octanol–water partition coefficient (Wildman–Crippen LogP) is 6.29. The summed E-state index contributed by atoms with van der Waals surface area (Å²) >= 11 is 7.82. The van der Waals surface area contributed by atoms with Crippen LogP contribution in [0.3, 0.4) is 0 Å². The zero-order chi connectivity index (χ0) is 22.9. The maximum atomic E-state index is 12.8. The maximum absolute atomic E-state index is 12.8. The van der Waals surface area contributed by atoms with Crippen molar-refractivity contribution in [2.45, 2.75) is 20.3 Å². The van der Waals surface area contributed by atoms with Crippen LogP contribution in [0, 0.1) is 13.8 Å². The molecule has 5 aromatic rings. The summed E-state index contributed by atoms with van der Waals surface area (Å²) in [5.74, 6) is 0.0489. The minimum absolute atomic E-state index is 0.0489. The maximum Gasteiger partial charge on any atom is 0.187 e. The highest BCUT2D eigenvalue weighted by Gasteiger charge is 2.16. The van der Waals surface area contributed by atoms with Crippen LogP contribution in [-0.4, -0.2) is 25.1 Å². The molecule has 0 saturated carbocycles. The molecule has 0 unspecified atom stereocenters. The number of aryl methyl sites for hydroxylation is 2. The van der Waals surface area contributed by atoms with Gasteiger partial charge in [-0.2, -0.15) is 0 Å². The minimum Gasteiger partial charge on any atom is -0.332 e. The number of fused-ring (bicyclic) bond motifs is 1. The molecule has 4 heterocycles. The van der Waals surface area contributed by atoms with Crippen molar-refractivity contribution in [2.75, 3.05) is 5.32 Å². The lowest BCUT2D eigenvalue weighted by molar-refractivity contribution is 0.0992. The lowest BCUT2D eigenvalue weighted by atomic mass is 10.0. The van der Waals surface area contributed by atoms with Gasteiger partial charge >= 0.3 is 0 Å². The van der Waals surface area contributed by atoms with Crippen molar-refractivity contribution in [1.29, 1.82) is 0 Å². The molecule has 0 aliphatic rings. The Bertz CT molecular complexity index is 1490. The number of hydrogen-bond acceptors (Lipinski definition) is 6. The average Bonchev–Trinajstić information content (AvgIpc) is 3.39. The zero-order valence-corrected chi connectivity index (χ0v) is 19.6. The van der Waals surface area contributed by atoms with E-state index in [1.165, 1.54) is 11.3 Å². The molecule has 0 aliphatic carbocycles. The van der Waals surface area contributed by atoms with Crippen molar-refractivity contribution < 1.29 is 4.79 Å². The number of rotatable bonds is 6. The molecule has 8 heteroatoms. The van der Waals surface area contributed by atoms with Gasteiger partial charge in [0, 0.05) is 42.0 Å². The van der Waals surface area contributed by atoms with E-state index in [0.717, 1.165) is 44.0 Å². The van der Waals surface area contributed by atoms with Crippen molar-refractivity contribution in [2.24, 2.45) is 0 Å². The van der Waals surface area contributed by atoms with Gasteiger partial charge < -0.3 is 5.32 Å². The Labute approximate surface area is 199 Å². The van der Waals surface area contributed by atoms with Gasteiger partial charge in [0.15, 0.2) is 16.6 Å². The molecule has 6 nitrogen and oxygen atoms in total. The third kappa shape index (κ3) is 4.25. The van der Waals surface area contributed by atoms with E-state index in [0.29, 0.717) is 17.0 Å². The van der Waals surface area contributed by atoms with Gasteiger partial charge in [-0.05, 0) is 49.7 Å². The van der Waals surface area contributed by atoms with Gasteiger partial charge in [-0.1, -0.05) is 41.1 Å². The Morgan fingerprint density at radius 3 is 2.82 bits per heavy atom. The molecule has 4 aromatic heterocycles. The average molecular weight is 474 g/mol. The second-order valence-electron chi connectivity index (χ2n) is 7.68. The van der Waals surface area contributed by atoms with Crippen LogP contribution >= 0.6 is 22.9 Å². The van der Waals surface area contributed by atoms with E-state index < -0.39 is 0 Å². The van der Waals surface area contributed by atoms with Gasteiger partial charge in [-0.15, -0.1) is 0 Å². The van der Waals surface area contributed by atoms with E-state index >= 15 is 0 Å². The number of nitrogens with zero attached hydrogens (tertiary/aromatic N) is 4. The second kappa shape index (κ2) is 8.77. The summed E-state index contributed by atoms with van der Waals surface area (Å²) in [5, 5.41) is 4.66. The molecule has 1 aromatic carbocycles. The van der Waals surface area contributed by atoms with Gasteiger partial charge in [0.1, 0.15) is 0 Å². The van der Waals surface area contributed by atoms with Crippen molar-refractivity contribution in [1.82, 2.24) is 19.4 Å². The van der Waals surface area contributed by atoms with E-state index in [1.54, 1.807) is 6.20 Å². The Morgan fingerprint density at radius 1 is 1.09 bits per heavy atom. The summed E-state index contributed by atoms with van der Waals surface area (Å²) in [6.07, 6.45) is 5.83. The van der Waals surface area contributed by atoms with E-state index in [2.05, 4.69) is 20.3 Å². The number of pyridine rings is 2. The first kappa shape index (κ1) is 21.3. The molecule has 0 spiro atoms. The van der Waals surface area contributed by atoms with Gasteiger partial charge in [-0.3, -0.25) is 14.2 Å². The summed E-state index contributed by atoms with van der Waals surface area (Å²) in [5.41, 5.74) is 5.85. The van der Waals surface area contributed by atoms with Gasteiger partial charge in [0.2, 0.25) is 0 Å². The first-order valence-corrected chi connectivity index (χ1v) is 11.6. The summed E-state index contributed by atoms with van der Waals surface area (Å²) in [7, 11) is 0. The first-order valence-electron chi connectivity index (χ1n) is 10.4. The normalized spacial score (nSPS) is 11.1. The molecule has 0 bridgehead atoms. The number of aromatic nitrogens is 4. The van der Waals surface area contributed by atoms with Crippen molar-refractivity contribution in [3.05, 3.63) is 94.7 Å². The smallest absolute Gasteiger partial charge is 0.187 e. The Hall–Kier alpha value is -3.55. The van der Waals surface area contributed by atoms with Crippen molar-refractivity contribution in [3.8, 4) is 10.6 Å². The lowest BCUT2D eigenvalue weighted by Crippen LogP contribution is -2.06. The Balaban J connectivity index is 1.38. The number of carbonyl (C=O) groups excluding carboxylic acids is 1. The number of Topliss-reactive ketones (excluding diaryl/α,β-unsaturated/α-hetero) is 1. The molecule has 0 atom stereocenters. The molecule has 0 amide bonds. The quantitative estimate of drug-likeness (QED) is 0.293. The van der Waals surface area contributed by atoms with Gasteiger partial charge in [-0.25, -0.2) is 9.97 Å². The van der Waals surface area contributed by atoms with Crippen LogP contribution in [0.4, 0.5) is 10.8 Å². The fourth-order valence-corrected chi connectivity index (χ4v) is 4.90. The second-order valence-corrected chi connectivity index (χ2v) is 9.12. The molecule has 33 heavy (non-hydrogen) atoms. The molecule has 1 N–H and O–H groups in total. The standard InChI is InChI=1S/C25H20ClN5OS/c1-15-17(7-4-10-27-15)13-21(32)18-6-3-8-19(12-18)30-25-28-14-22(33-25)23-16(2)29-24-20(26)9-5-11-31(23)24/h3-12,14H,13H2,1-2H3,(H,28,30). The van der Waals surface area contributed by atoms with Crippen LogP contribution in [0.5, 0.6) is 0 Å². The van der Waals surface area contributed by atoms with Gasteiger partial charge in [0.25, 0.3) is 0 Å². The summed E-state index contributed by atoms with van der Waals surface area (Å²) < 4.78 is 1.98. The number of carbonyl (C=O) groups is 1. The fraction of sp³-hybridized carbons (Fsp3) is 0.120. The van der Waals surface area contributed by atoms with Crippen LogP contribution in [0.15, 0.2) is 67.1 Å². The van der Waals surface area contributed by atoms with Gasteiger partial charge in [0.05, 0.1) is 21.3 Å². The molecule has 0 fully saturated rings. The fourth-order valence-electron chi connectivity index (χ4n) is 3.76. The first-order chi connectivity index (χ1) is 16.0. The van der Waals surface area contributed by atoms with E-state index in [-0.39, 0.29) is 5.78 Å². The van der Waals surface area contributed by atoms with Crippen molar-refractivity contribution in [3.63, 3.8) is 0 Å². The third-order valence-corrected chi connectivity index (χ3v) is 6.63. The molecule has 5 rings (SSSR count). The molecule has 0 saturated heterocycles. The number of anilines is 2. The van der Waals surface area contributed by atoms with Crippen LogP contribution in [-0.2, 0) is 6.42 Å². The number of benzene rings is 1. The topological polar surface area (TPSA) is 72.2 Å². The third-order valence-electron chi connectivity index (χ3n) is 5.42. The number of halogens is 1. The van der Waals surface area contributed by atoms with E-state index in [4.69, 9.17) is 11.6 Å². The number of imidazole rings is 1. The van der Waals surface area contributed by atoms with Crippen LogP contribution in [0.1, 0.15) is 27.3 Å². The Kier molecular flexibility index (Phi) is 5.66. The molecule has 164 valence electrons. The molecular weight excluding hydrogens is 454 g/mol. The van der Waals surface area contributed by atoms with Crippen LogP contribution < -0.4 is 5.32 Å². The molecule has 0 radical (unpaired) electrons. The van der Waals surface area contributed by atoms with E-state index in [9.17, 15) is 4.79 Å². The summed E-state index contributed by atoms with van der Waals surface area (Å²) in [6, 6.07) is 15.0. The monoisotopic (exact) mass is 473 g/mol. The number of hydrogen-bond donors (Lipinski definition) is 1. The van der Waals surface area contributed by atoms with Crippen LogP contribution in [0.25, 0.3) is 16.2 Å². The number of ketones is 1. The number of thiazole rings is 1. The molecular formula is C25H20ClN5OS. The molecule has 0 aliphatic heterocycles. The SMILES string of the molecule is Cc1ncccc1CC(=O)c1cccc(Nc2ncc(-c3c(C)nc4c(Cl)cccn34)s2)c1. The zero-order valence-electron chi connectivity index (χ0n) is 18.0. The highest BCUT2D eigenvalue weighted by atomic mass is 35.5.